The van der Waals surface area contributed by atoms with E-state index in [1.807, 2.05) is 51.1 Å². The van der Waals surface area contributed by atoms with Gasteiger partial charge in [-0.2, -0.15) is 9.78 Å². The number of amides is 2. The molecule has 2 amide bonds. The van der Waals surface area contributed by atoms with Gasteiger partial charge in [-0.25, -0.2) is 4.79 Å². The quantitative estimate of drug-likeness (QED) is 0.448. The number of phenols is 1. The summed E-state index contributed by atoms with van der Waals surface area (Å²) in [4.78, 5) is 25.1. The molecule has 1 aromatic heterocycles. The summed E-state index contributed by atoms with van der Waals surface area (Å²) in [7, 11) is 0. The van der Waals surface area contributed by atoms with Crippen molar-refractivity contribution in [2.45, 2.75) is 58.9 Å². The molecule has 7 heteroatoms. The van der Waals surface area contributed by atoms with Gasteiger partial charge >= 0.3 is 6.03 Å². The number of nitrogens with zero attached hydrogens (tertiary/aromatic N) is 2. The Hall–Kier alpha value is -3.61. The van der Waals surface area contributed by atoms with Gasteiger partial charge < -0.3 is 15.7 Å². The molecule has 1 aliphatic rings. The maximum atomic E-state index is 13.1. The molecule has 2 aromatic carbocycles. The van der Waals surface area contributed by atoms with Gasteiger partial charge in [-0.1, -0.05) is 56.5 Å². The van der Waals surface area contributed by atoms with E-state index in [4.69, 9.17) is 0 Å². The van der Waals surface area contributed by atoms with Crippen LogP contribution in [0.4, 0.5) is 10.5 Å². The fraction of sp³-hybridized carbons (Fsp3) is 0.370. The number of benzene rings is 2. The highest BCUT2D eigenvalue weighted by Crippen LogP contribution is 2.38. The van der Waals surface area contributed by atoms with Crippen LogP contribution in [-0.4, -0.2) is 26.8 Å². The van der Waals surface area contributed by atoms with Gasteiger partial charge in [0.15, 0.2) is 0 Å². The Kier molecular flexibility index (Phi) is 7.01. The van der Waals surface area contributed by atoms with Gasteiger partial charge in [0, 0.05) is 35.7 Å². The van der Waals surface area contributed by atoms with Crippen molar-refractivity contribution in [1.82, 2.24) is 15.1 Å². The smallest absolute Gasteiger partial charge is 0.342 e. The van der Waals surface area contributed by atoms with Gasteiger partial charge in [0.2, 0.25) is 5.91 Å². The number of rotatable bonds is 6. The average molecular weight is 461 g/mol. The molecule has 1 aliphatic carbocycles. The Morgan fingerprint density at radius 1 is 1.12 bits per heavy atom. The fourth-order valence-electron chi connectivity index (χ4n) is 4.39. The van der Waals surface area contributed by atoms with Crippen LogP contribution < -0.4 is 10.6 Å². The molecular weight excluding hydrogens is 428 g/mol. The molecule has 1 heterocycles. The summed E-state index contributed by atoms with van der Waals surface area (Å²) in [6.45, 7) is 6.06. The van der Waals surface area contributed by atoms with E-state index in [9.17, 15) is 14.7 Å². The van der Waals surface area contributed by atoms with Gasteiger partial charge in [-0.3, -0.25) is 4.79 Å². The number of aromatic nitrogens is 2. The Labute approximate surface area is 200 Å². The van der Waals surface area contributed by atoms with Crippen molar-refractivity contribution in [1.29, 1.82) is 0 Å². The highest BCUT2D eigenvalue weighted by Gasteiger charge is 2.26. The second-order valence-corrected chi connectivity index (χ2v) is 9.37. The van der Waals surface area contributed by atoms with Crippen LogP contribution in [0.5, 0.6) is 5.75 Å². The molecule has 0 saturated heterocycles. The second kappa shape index (κ2) is 10.1. The molecule has 34 heavy (non-hydrogen) atoms. The van der Waals surface area contributed by atoms with Crippen molar-refractivity contribution >= 4 is 17.6 Å². The molecule has 178 valence electrons. The summed E-state index contributed by atoms with van der Waals surface area (Å²) < 4.78 is 1.45. The number of aryl methyl sites for hydroxylation is 1. The lowest BCUT2D eigenvalue weighted by molar-refractivity contribution is -0.118. The van der Waals surface area contributed by atoms with Crippen molar-refractivity contribution in [3.05, 3.63) is 65.4 Å². The number of phenolic OH excluding ortho intramolecular Hbond substituents is 1. The summed E-state index contributed by atoms with van der Waals surface area (Å²) in [5.74, 6) is -0.0166. The normalized spacial score (nSPS) is 13.9. The van der Waals surface area contributed by atoms with Crippen molar-refractivity contribution in [2.24, 2.45) is 5.92 Å². The first-order valence-corrected chi connectivity index (χ1v) is 11.9. The minimum atomic E-state index is -0.282. The minimum Gasteiger partial charge on any atom is -0.507 e. The predicted molar refractivity (Wildman–Crippen MR) is 133 cm³/mol. The molecule has 4 rings (SSSR count). The first-order chi connectivity index (χ1) is 16.3. The van der Waals surface area contributed by atoms with E-state index in [1.54, 1.807) is 12.1 Å². The highest BCUT2D eigenvalue weighted by molar-refractivity contribution is 5.92. The molecule has 0 bridgehead atoms. The average Bonchev–Trinajstić information content (AvgIpc) is 3.47. The number of anilines is 1. The number of carbonyl (C=O) groups excluding carboxylic acids is 2. The van der Waals surface area contributed by atoms with Gasteiger partial charge in [-0.15, -0.1) is 0 Å². The Bertz CT molecular complexity index is 1190. The molecule has 0 atom stereocenters. The van der Waals surface area contributed by atoms with Crippen molar-refractivity contribution in [3.8, 4) is 17.0 Å². The van der Waals surface area contributed by atoms with Crippen LogP contribution in [0.25, 0.3) is 11.3 Å². The third-order valence-corrected chi connectivity index (χ3v) is 6.29. The summed E-state index contributed by atoms with van der Waals surface area (Å²) in [5.41, 5.74) is 4.61. The van der Waals surface area contributed by atoms with E-state index < -0.39 is 0 Å². The molecule has 1 saturated carbocycles. The lowest BCUT2D eigenvalue weighted by atomic mass is 10.0. The van der Waals surface area contributed by atoms with Gasteiger partial charge in [-0.05, 0) is 43.5 Å². The Morgan fingerprint density at radius 3 is 2.56 bits per heavy atom. The first kappa shape index (κ1) is 23.5. The number of hydrogen-bond donors (Lipinski definition) is 3. The largest absolute Gasteiger partial charge is 0.507 e. The van der Waals surface area contributed by atoms with Crippen LogP contribution in [-0.2, 0) is 11.3 Å². The zero-order valence-corrected chi connectivity index (χ0v) is 20.0. The Balaban J connectivity index is 1.59. The van der Waals surface area contributed by atoms with Crippen LogP contribution in [0.1, 0.15) is 62.3 Å². The molecule has 0 aliphatic heterocycles. The molecule has 0 spiro atoms. The first-order valence-electron chi connectivity index (χ1n) is 11.9. The number of carbonyl (C=O) groups is 2. The van der Waals surface area contributed by atoms with E-state index in [2.05, 4.69) is 15.7 Å². The van der Waals surface area contributed by atoms with Crippen molar-refractivity contribution in [2.75, 3.05) is 5.32 Å². The minimum absolute atomic E-state index is 0.00402. The van der Waals surface area contributed by atoms with Gasteiger partial charge in [0.1, 0.15) is 5.75 Å². The van der Waals surface area contributed by atoms with E-state index in [0.717, 1.165) is 42.5 Å². The van der Waals surface area contributed by atoms with E-state index >= 15 is 0 Å². The molecule has 0 radical (unpaired) electrons. The lowest BCUT2D eigenvalue weighted by Crippen LogP contribution is -2.30. The third kappa shape index (κ3) is 5.30. The highest BCUT2D eigenvalue weighted by atomic mass is 16.3. The summed E-state index contributed by atoms with van der Waals surface area (Å²) >= 11 is 0. The molecular formula is C27H32N4O3. The molecule has 3 aromatic rings. The van der Waals surface area contributed by atoms with Crippen LogP contribution in [0, 0.1) is 12.8 Å². The molecule has 1 fully saturated rings. The standard InChI is InChI=1S/C27H32N4O3/c1-17(2)26(33)29-21-11-12-22(25(32)14-21)23-15-24(20-9-4-5-10-20)31(30-23)27(34)28-16-19-8-6-7-18(3)13-19/h6-8,11-15,17,20,32H,4-5,9-10,16H2,1-3H3,(H,28,34)(H,29,33). The summed E-state index contributed by atoms with van der Waals surface area (Å²) in [6, 6.07) is 14.6. The number of hydrogen-bond acceptors (Lipinski definition) is 4. The fourth-order valence-corrected chi connectivity index (χ4v) is 4.39. The SMILES string of the molecule is Cc1cccc(CNC(=O)n2nc(-c3ccc(NC(=O)C(C)C)cc3O)cc2C2CCCC2)c1. The zero-order chi connectivity index (χ0) is 24.2. The van der Waals surface area contributed by atoms with Gasteiger partial charge in [0.05, 0.1) is 11.4 Å². The van der Waals surface area contributed by atoms with E-state index in [1.165, 1.54) is 10.7 Å². The van der Waals surface area contributed by atoms with Crippen molar-refractivity contribution < 1.29 is 14.7 Å². The van der Waals surface area contributed by atoms with Crippen LogP contribution >= 0.6 is 0 Å². The van der Waals surface area contributed by atoms with Crippen LogP contribution in [0.2, 0.25) is 0 Å². The molecule has 7 nitrogen and oxygen atoms in total. The van der Waals surface area contributed by atoms with Gasteiger partial charge in [0.25, 0.3) is 0 Å². The zero-order valence-electron chi connectivity index (χ0n) is 20.0. The van der Waals surface area contributed by atoms with E-state index in [0.29, 0.717) is 23.5 Å². The molecule has 0 unspecified atom stereocenters. The maximum Gasteiger partial charge on any atom is 0.342 e. The van der Waals surface area contributed by atoms with Crippen molar-refractivity contribution in [3.63, 3.8) is 0 Å². The topological polar surface area (TPSA) is 96.3 Å². The van der Waals surface area contributed by atoms with Crippen LogP contribution in [0.3, 0.4) is 0 Å². The lowest BCUT2D eigenvalue weighted by Gasteiger charge is -2.12. The summed E-state index contributed by atoms with van der Waals surface area (Å²) in [6.07, 6.45) is 4.29. The number of nitrogens with one attached hydrogen (secondary N) is 2. The second-order valence-electron chi connectivity index (χ2n) is 9.37. The van der Waals surface area contributed by atoms with E-state index in [-0.39, 0.29) is 29.5 Å². The Morgan fingerprint density at radius 2 is 1.88 bits per heavy atom. The van der Waals surface area contributed by atoms with Crippen LogP contribution in [0.15, 0.2) is 48.5 Å². The third-order valence-electron chi connectivity index (χ3n) is 6.29. The monoisotopic (exact) mass is 460 g/mol. The predicted octanol–water partition coefficient (Wildman–Crippen LogP) is 5.57. The maximum absolute atomic E-state index is 13.1. The number of aromatic hydroxyl groups is 1. The summed E-state index contributed by atoms with van der Waals surface area (Å²) in [5, 5.41) is 21.0. The molecule has 3 N–H and O–H groups in total.